The normalized spacial score (nSPS) is 19.1. The molecule has 1 aliphatic rings. The van der Waals surface area contributed by atoms with Gasteiger partial charge in [-0.2, -0.15) is 0 Å². The number of amides is 1. The molecule has 7 heteroatoms. The Morgan fingerprint density at radius 2 is 2.11 bits per heavy atom. The van der Waals surface area contributed by atoms with Crippen LogP contribution < -0.4 is 5.32 Å². The second-order valence-electron chi connectivity index (χ2n) is 7.11. The molecule has 1 aromatic carbocycles. The first-order valence-electron chi connectivity index (χ1n) is 9.27. The fourth-order valence-electron chi connectivity index (χ4n) is 3.69. The average molecular weight is 381 g/mol. The molecule has 0 bridgehead atoms. The number of aliphatic hydroxyl groups is 1. The topological polar surface area (TPSA) is 83.7 Å². The number of aliphatic hydroxyl groups excluding tert-OH is 1. The quantitative estimate of drug-likeness (QED) is 0.663. The van der Waals surface area contributed by atoms with Crippen LogP contribution in [0.4, 0.5) is 10.1 Å². The zero-order valence-corrected chi connectivity index (χ0v) is 15.1. The number of hydrogen-bond acceptors (Lipinski definition) is 4. The summed E-state index contributed by atoms with van der Waals surface area (Å²) >= 11 is 0. The molecule has 0 aliphatic heterocycles. The van der Waals surface area contributed by atoms with E-state index >= 15 is 0 Å². The van der Waals surface area contributed by atoms with E-state index in [9.17, 15) is 19.1 Å². The molecule has 6 nitrogen and oxygen atoms in total. The molecule has 144 valence electrons. The van der Waals surface area contributed by atoms with E-state index < -0.39 is 17.8 Å². The summed E-state index contributed by atoms with van der Waals surface area (Å²) in [7, 11) is 0. The number of halogens is 1. The van der Waals surface area contributed by atoms with E-state index in [-0.39, 0.29) is 29.5 Å². The molecule has 0 spiro atoms. The zero-order chi connectivity index (χ0) is 19.7. The maximum atomic E-state index is 14.2. The SMILES string of the molecule is O=C(C[C@H]1CCC[C@H]1O)c1ccc(F)c(NC(=O)c2cnc3ccccn23)c1. The highest BCUT2D eigenvalue weighted by molar-refractivity contribution is 6.04. The minimum absolute atomic E-state index is 0.0613. The van der Waals surface area contributed by atoms with Crippen molar-refractivity contribution in [1.29, 1.82) is 0 Å². The van der Waals surface area contributed by atoms with Crippen LogP contribution in [0, 0.1) is 11.7 Å². The molecule has 1 amide bonds. The van der Waals surface area contributed by atoms with Gasteiger partial charge in [0.05, 0.1) is 18.0 Å². The summed E-state index contributed by atoms with van der Waals surface area (Å²) < 4.78 is 15.8. The number of carbonyl (C=O) groups excluding carboxylic acids is 2. The summed E-state index contributed by atoms with van der Waals surface area (Å²) in [5.41, 5.74) is 1.12. The number of ketones is 1. The predicted octanol–water partition coefficient (Wildman–Crippen LogP) is 3.46. The van der Waals surface area contributed by atoms with Crippen molar-refractivity contribution < 1.29 is 19.1 Å². The first kappa shape index (κ1) is 18.3. The van der Waals surface area contributed by atoms with Gasteiger partial charge in [-0.05, 0) is 49.1 Å². The van der Waals surface area contributed by atoms with Gasteiger partial charge in [-0.25, -0.2) is 9.37 Å². The minimum Gasteiger partial charge on any atom is -0.393 e. The van der Waals surface area contributed by atoms with Gasteiger partial charge in [0.2, 0.25) is 0 Å². The number of hydrogen-bond donors (Lipinski definition) is 2. The predicted molar refractivity (Wildman–Crippen MR) is 102 cm³/mol. The number of aromatic nitrogens is 2. The third kappa shape index (κ3) is 3.53. The lowest BCUT2D eigenvalue weighted by Crippen LogP contribution is -2.18. The number of nitrogens with zero attached hydrogens (tertiary/aromatic N) is 2. The van der Waals surface area contributed by atoms with Crippen LogP contribution in [0.15, 0.2) is 48.8 Å². The van der Waals surface area contributed by atoms with E-state index in [2.05, 4.69) is 10.3 Å². The summed E-state index contributed by atoms with van der Waals surface area (Å²) in [5, 5.41) is 12.4. The Morgan fingerprint density at radius 3 is 2.89 bits per heavy atom. The van der Waals surface area contributed by atoms with Crippen molar-refractivity contribution >= 4 is 23.0 Å². The number of pyridine rings is 1. The second kappa shape index (κ2) is 7.52. The monoisotopic (exact) mass is 381 g/mol. The molecule has 1 fully saturated rings. The zero-order valence-electron chi connectivity index (χ0n) is 15.1. The van der Waals surface area contributed by atoms with Gasteiger partial charge in [-0.15, -0.1) is 0 Å². The van der Waals surface area contributed by atoms with E-state index in [4.69, 9.17) is 0 Å². The van der Waals surface area contributed by atoms with Gasteiger partial charge in [0, 0.05) is 18.2 Å². The Morgan fingerprint density at radius 1 is 1.25 bits per heavy atom. The van der Waals surface area contributed by atoms with Crippen LogP contribution in [-0.4, -0.2) is 32.3 Å². The van der Waals surface area contributed by atoms with Gasteiger partial charge in [0.1, 0.15) is 17.2 Å². The summed E-state index contributed by atoms with van der Waals surface area (Å²) in [6.45, 7) is 0. The van der Waals surface area contributed by atoms with Gasteiger partial charge in [-0.3, -0.25) is 14.0 Å². The van der Waals surface area contributed by atoms with Crippen LogP contribution >= 0.6 is 0 Å². The fraction of sp³-hybridized carbons (Fsp3) is 0.286. The number of Topliss-reactive ketones (excluding diaryl/α,β-unsaturated/α-hetero) is 1. The van der Waals surface area contributed by atoms with Gasteiger partial charge in [0.15, 0.2) is 5.78 Å². The van der Waals surface area contributed by atoms with Gasteiger partial charge < -0.3 is 10.4 Å². The van der Waals surface area contributed by atoms with Crippen molar-refractivity contribution in [3.8, 4) is 0 Å². The van der Waals surface area contributed by atoms with E-state index in [0.717, 1.165) is 12.8 Å². The molecule has 2 heterocycles. The maximum absolute atomic E-state index is 14.2. The standard InChI is InChI=1S/C21H20FN3O3/c22-15-8-7-14(19(27)11-13-4-3-5-18(13)26)10-16(15)24-21(28)17-12-23-20-6-1-2-9-25(17)20/h1-2,6-10,12-13,18,26H,3-5,11H2,(H,24,28)/t13-,18-/m1/s1. The smallest absolute Gasteiger partial charge is 0.274 e. The van der Waals surface area contributed by atoms with E-state index in [1.165, 1.54) is 24.4 Å². The van der Waals surface area contributed by atoms with Gasteiger partial charge >= 0.3 is 0 Å². The number of nitrogens with one attached hydrogen (secondary N) is 1. The van der Waals surface area contributed by atoms with Crippen molar-refractivity contribution in [3.05, 3.63) is 65.9 Å². The van der Waals surface area contributed by atoms with Crippen LogP contribution in [-0.2, 0) is 0 Å². The molecule has 2 aromatic heterocycles. The first-order valence-corrected chi connectivity index (χ1v) is 9.27. The Balaban J connectivity index is 1.54. The van der Waals surface area contributed by atoms with Crippen molar-refractivity contribution in [1.82, 2.24) is 9.38 Å². The number of rotatable bonds is 5. The summed E-state index contributed by atoms with van der Waals surface area (Å²) in [6, 6.07) is 9.25. The summed E-state index contributed by atoms with van der Waals surface area (Å²) in [6.07, 6.45) is 5.29. The minimum atomic E-state index is -0.625. The number of carbonyl (C=O) groups is 2. The molecular formula is C21H20FN3O3. The number of fused-ring (bicyclic) bond motifs is 1. The highest BCUT2D eigenvalue weighted by atomic mass is 19.1. The molecule has 0 radical (unpaired) electrons. The van der Waals surface area contributed by atoms with Gasteiger partial charge in [0.25, 0.3) is 5.91 Å². The molecule has 2 atom stereocenters. The van der Waals surface area contributed by atoms with Gasteiger partial charge in [-0.1, -0.05) is 12.5 Å². The highest BCUT2D eigenvalue weighted by Gasteiger charge is 2.28. The van der Waals surface area contributed by atoms with Crippen molar-refractivity contribution in [3.63, 3.8) is 0 Å². The third-order valence-corrected chi connectivity index (χ3v) is 5.25. The van der Waals surface area contributed by atoms with E-state index in [1.807, 2.05) is 0 Å². The average Bonchev–Trinajstić information content (AvgIpc) is 3.30. The third-order valence-electron chi connectivity index (χ3n) is 5.25. The van der Waals surface area contributed by atoms with Crippen LogP contribution in [0.1, 0.15) is 46.5 Å². The van der Waals surface area contributed by atoms with Crippen LogP contribution in [0.25, 0.3) is 5.65 Å². The largest absolute Gasteiger partial charge is 0.393 e. The molecule has 1 aliphatic carbocycles. The molecule has 0 unspecified atom stereocenters. The maximum Gasteiger partial charge on any atom is 0.274 e. The lowest BCUT2D eigenvalue weighted by Gasteiger charge is -2.14. The lowest BCUT2D eigenvalue weighted by molar-refractivity contribution is 0.0868. The second-order valence-corrected chi connectivity index (χ2v) is 7.11. The molecule has 28 heavy (non-hydrogen) atoms. The number of anilines is 1. The molecule has 1 saturated carbocycles. The van der Waals surface area contributed by atoms with E-state index in [0.29, 0.717) is 17.6 Å². The Kier molecular flexibility index (Phi) is 4.92. The van der Waals surface area contributed by atoms with Crippen molar-refractivity contribution in [2.75, 3.05) is 5.32 Å². The first-order chi connectivity index (χ1) is 13.5. The number of imidazole rings is 1. The summed E-state index contributed by atoms with van der Waals surface area (Å²) in [5.74, 6) is -1.38. The number of benzene rings is 1. The summed E-state index contributed by atoms with van der Waals surface area (Å²) in [4.78, 5) is 29.3. The highest BCUT2D eigenvalue weighted by Crippen LogP contribution is 2.30. The molecule has 3 aromatic rings. The molecule has 4 rings (SSSR count). The van der Waals surface area contributed by atoms with Crippen LogP contribution in [0.5, 0.6) is 0 Å². The Bertz CT molecular complexity index is 1050. The fourth-order valence-corrected chi connectivity index (χ4v) is 3.69. The van der Waals surface area contributed by atoms with Crippen LogP contribution in [0.3, 0.4) is 0 Å². The molecule has 0 saturated heterocycles. The van der Waals surface area contributed by atoms with Crippen molar-refractivity contribution in [2.24, 2.45) is 5.92 Å². The Hall–Kier alpha value is -3.06. The molecule has 2 N–H and O–H groups in total. The van der Waals surface area contributed by atoms with E-state index in [1.54, 1.807) is 28.8 Å². The molecular weight excluding hydrogens is 361 g/mol. The Labute approximate surface area is 161 Å². The van der Waals surface area contributed by atoms with Crippen molar-refractivity contribution in [2.45, 2.75) is 31.8 Å². The van der Waals surface area contributed by atoms with Crippen LogP contribution in [0.2, 0.25) is 0 Å². The lowest BCUT2D eigenvalue weighted by atomic mass is 9.95.